The second-order valence-electron chi connectivity index (χ2n) is 8.22. The maximum Gasteiger partial charge on any atom is 0.494 e. The Labute approximate surface area is 177 Å². The van der Waals surface area contributed by atoms with Crippen molar-refractivity contribution >= 4 is 24.5 Å². The second-order valence-corrected chi connectivity index (χ2v) is 9.09. The fourth-order valence-electron chi connectivity index (χ4n) is 2.51. The van der Waals surface area contributed by atoms with Crippen molar-refractivity contribution in [2.24, 2.45) is 0 Å². The van der Waals surface area contributed by atoms with Gasteiger partial charge in [0, 0.05) is 5.75 Å². The molecule has 0 saturated carbocycles. The molecule has 1 aromatic rings. The van der Waals surface area contributed by atoms with Gasteiger partial charge < -0.3 is 9.31 Å². The highest BCUT2D eigenvalue weighted by molar-refractivity contribution is 7.99. The Hall–Kier alpha value is -1.23. The van der Waals surface area contributed by atoms with Crippen LogP contribution in [0.25, 0.3) is 5.57 Å². The molecule has 1 aliphatic heterocycles. The van der Waals surface area contributed by atoms with Crippen molar-refractivity contribution in [1.82, 2.24) is 0 Å². The maximum atomic E-state index is 6.03. The molecule has 1 aromatic carbocycles. The first-order valence-corrected chi connectivity index (χ1v) is 11.4. The third-order valence-electron chi connectivity index (χ3n) is 4.89. The number of hydrogen-bond acceptors (Lipinski definition) is 3. The van der Waals surface area contributed by atoms with Crippen molar-refractivity contribution in [1.29, 1.82) is 0 Å². The summed E-state index contributed by atoms with van der Waals surface area (Å²) in [5.41, 5.74) is 3.99. The zero-order chi connectivity index (χ0) is 21.4. The summed E-state index contributed by atoms with van der Waals surface area (Å²) in [7, 11) is -0.391. The lowest BCUT2D eigenvalue weighted by atomic mass is 9.79. The summed E-state index contributed by atoms with van der Waals surface area (Å²) in [5, 5.41) is 0. The Morgan fingerprint density at radius 2 is 1.57 bits per heavy atom. The van der Waals surface area contributed by atoms with E-state index in [9.17, 15) is 0 Å². The summed E-state index contributed by atoms with van der Waals surface area (Å²) in [5.74, 6) is 0.969. The van der Waals surface area contributed by atoms with Crippen LogP contribution in [0, 0.1) is 6.92 Å². The Bertz CT molecular complexity index is 671. The zero-order valence-electron chi connectivity index (χ0n) is 19.0. The van der Waals surface area contributed by atoms with Gasteiger partial charge in [0.2, 0.25) is 0 Å². The lowest BCUT2D eigenvalue weighted by Gasteiger charge is -2.32. The van der Waals surface area contributed by atoms with Crippen molar-refractivity contribution in [3.05, 3.63) is 65.7 Å². The van der Waals surface area contributed by atoms with Gasteiger partial charge in [0.1, 0.15) is 0 Å². The molecule has 1 fully saturated rings. The Balaban J connectivity index is 0.00000122. The highest BCUT2D eigenvalue weighted by Gasteiger charge is 2.51. The van der Waals surface area contributed by atoms with E-state index in [0.717, 1.165) is 11.2 Å². The predicted molar refractivity (Wildman–Crippen MR) is 128 cm³/mol. The Morgan fingerprint density at radius 1 is 1.07 bits per heavy atom. The first-order valence-electron chi connectivity index (χ1n) is 10.1. The highest BCUT2D eigenvalue weighted by Crippen LogP contribution is 2.38. The molecule has 0 N–H and O–H groups in total. The van der Waals surface area contributed by atoms with Gasteiger partial charge in [0.15, 0.2) is 0 Å². The number of thioether (sulfide) groups is 1. The molecule has 0 spiro atoms. The molecule has 0 aliphatic carbocycles. The molecule has 1 saturated heterocycles. The molecule has 4 heteroatoms. The molecule has 2 nitrogen and oxygen atoms in total. The summed E-state index contributed by atoms with van der Waals surface area (Å²) in [6.07, 6.45) is 9.54. The Kier molecular flexibility index (Phi) is 9.82. The number of hydrogen-bond donors (Lipinski definition) is 0. The van der Waals surface area contributed by atoms with Gasteiger partial charge in [-0.05, 0) is 57.5 Å². The summed E-state index contributed by atoms with van der Waals surface area (Å²) < 4.78 is 12.1. The van der Waals surface area contributed by atoms with Crippen molar-refractivity contribution in [2.75, 3.05) is 12.0 Å². The van der Waals surface area contributed by atoms with E-state index in [4.69, 9.17) is 9.31 Å². The largest absolute Gasteiger partial charge is 0.494 e. The second kappa shape index (κ2) is 11.1. The van der Waals surface area contributed by atoms with Crippen LogP contribution in [0.5, 0.6) is 0 Å². The monoisotopic (exact) mass is 400 g/mol. The predicted octanol–water partition coefficient (Wildman–Crippen LogP) is 6.90. The zero-order valence-corrected chi connectivity index (χ0v) is 19.8. The quantitative estimate of drug-likeness (QED) is 0.382. The highest BCUT2D eigenvalue weighted by atomic mass is 32.2. The number of allylic oxidation sites excluding steroid dienone is 4. The van der Waals surface area contributed by atoms with Crippen LogP contribution in [-0.2, 0) is 9.31 Å². The average molecular weight is 400 g/mol. The molecular formula is C24H37BO2S. The van der Waals surface area contributed by atoms with Crippen molar-refractivity contribution in [2.45, 2.75) is 66.1 Å². The number of aryl methyl sites for hydroxylation is 1. The van der Waals surface area contributed by atoms with E-state index in [0.29, 0.717) is 0 Å². The SMILES string of the molecule is C=C(/C=C\C=C(/CSC)c1ccc(C)cc1)B1OC(C)(C)C(C)(C)O1.CCC. The van der Waals surface area contributed by atoms with Crippen LogP contribution in [0.15, 0.2) is 54.5 Å². The molecular weight excluding hydrogens is 363 g/mol. The van der Waals surface area contributed by atoms with Gasteiger partial charge in [-0.2, -0.15) is 11.8 Å². The van der Waals surface area contributed by atoms with Crippen molar-refractivity contribution in [3.8, 4) is 0 Å². The van der Waals surface area contributed by atoms with E-state index in [1.165, 1.54) is 23.1 Å². The van der Waals surface area contributed by atoms with E-state index >= 15 is 0 Å². The van der Waals surface area contributed by atoms with E-state index < -0.39 is 7.12 Å². The van der Waals surface area contributed by atoms with E-state index in [-0.39, 0.29) is 11.2 Å². The summed E-state index contributed by atoms with van der Waals surface area (Å²) in [6.45, 7) is 18.7. The lowest BCUT2D eigenvalue weighted by Crippen LogP contribution is -2.41. The molecule has 28 heavy (non-hydrogen) atoms. The van der Waals surface area contributed by atoms with Gasteiger partial charge >= 0.3 is 7.12 Å². The van der Waals surface area contributed by atoms with Crippen LogP contribution in [-0.4, -0.2) is 30.3 Å². The summed E-state index contributed by atoms with van der Waals surface area (Å²) in [4.78, 5) is 0. The topological polar surface area (TPSA) is 18.5 Å². The molecule has 0 aromatic heterocycles. The fourth-order valence-corrected chi connectivity index (χ4v) is 3.09. The van der Waals surface area contributed by atoms with Crippen LogP contribution >= 0.6 is 11.8 Å². The average Bonchev–Trinajstić information content (AvgIpc) is 2.83. The minimum atomic E-state index is -0.391. The molecule has 2 rings (SSSR count). The van der Waals surface area contributed by atoms with Crippen LogP contribution < -0.4 is 0 Å². The fraction of sp³-hybridized carbons (Fsp3) is 0.500. The molecule has 0 bridgehead atoms. The minimum Gasteiger partial charge on any atom is -0.399 e. The van der Waals surface area contributed by atoms with Gasteiger partial charge in [-0.25, -0.2) is 0 Å². The minimum absolute atomic E-state index is 0.337. The standard InChI is InChI=1S/C21H29BO2S.C3H8/c1-16-11-13-18(14-12-16)19(15-25-7)10-8-9-17(2)22-23-20(3,4)21(5,6)24-22;1-3-2/h8-14H,2,15H2,1,3-7H3;3H2,1-2H3/b9-8-,19-10+;. The maximum absolute atomic E-state index is 6.03. The van der Waals surface area contributed by atoms with E-state index in [2.05, 4.69) is 91.6 Å². The van der Waals surface area contributed by atoms with Crippen LogP contribution in [0.3, 0.4) is 0 Å². The number of rotatable bonds is 6. The van der Waals surface area contributed by atoms with E-state index in [1.807, 2.05) is 23.9 Å². The van der Waals surface area contributed by atoms with Crippen LogP contribution in [0.2, 0.25) is 0 Å². The normalized spacial score (nSPS) is 18.1. The molecule has 1 heterocycles. The smallest absolute Gasteiger partial charge is 0.399 e. The Morgan fingerprint density at radius 3 is 2.04 bits per heavy atom. The molecule has 1 aliphatic rings. The molecule has 0 amide bonds. The van der Waals surface area contributed by atoms with Gasteiger partial charge in [-0.3, -0.25) is 0 Å². The lowest BCUT2D eigenvalue weighted by molar-refractivity contribution is 0.00578. The van der Waals surface area contributed by atoms with Gasteiger partial charge in [-0.15, -0.1) is 0 Å². The van der Waals surface area contributed by atoms with Gasteiger partial charge in [-0.1, -0.05) is 74.9 Å². The van der Waals surface area contributed by atoms with Crippen molar-refractivity contribution in [3.63, 3.8) is 0 Å². The third-order valence-corrected chi connectivity index (χ3v) is 5.49. The number of benzene rings is 1. The van der Waals surface area contributed by atoms with Gasteiger partial charge in [0.05, 0.1) is 11.2 Å². The van der Waals surface area contributed by atoms with Gasteiger partial charge in [0.25, 0.3) is 0 Å². The summed E-state index contributed by atoms with van der Waals surface area (Å²) in [6, 6.07) is 8.65. The van der Waals surface area contributed by atoms with Crippen LogP contribution in [0.4, 0.5) is 0 Å². The first kappa shape index (κ1) is 24.8. The molecule has 0 atom stereocenters. The van der Waals surface area contributed by atoms with Crippen molar-refractivity contribution < 1.29 is 9.31 Å². The van der Waals surface area contributed by atoms with Crippen LogP contribution in [0.1, 0.15) is 59.1 Å². The first-order chi connectivity index (χ1) is 13.1. The van der Waals surface area contributed by atoms with E-state index in [1.54, 1.807) is 0 Å². The molecule has 0 unspecified atom stereocenters. The molecule has 154 valence electrons. The third kappa shape index (κ3) is 6.99. The molecule has 0 radical (unpaired) electrons. The summed E-state index contributed by atoms with van der Waals surface area (Å²) >= 11 is 1.82.